The number of hydrogen-bond donors (Lipinski definition) is 1. The van der Waals surface area contributed by atoms with Crippen LogP contribution in [0.4, 0.5) is 5.69 Å². The highest BCUT2D eigenvalue weighted by Crippen LogP contribution is 2.20. The summed E-state index contributed by atoms with van der Waals surface area (Å²) in [7, 11) is -1.84. The summed E-state index contributed by atoms with van der Waals surface area (Å²) < 4.78 is 35.2. The quantitative estimate of drug-likeness (QED) is 0.565. The Morgan fingerprint density at radius 1 is 1.00 bits per heavy atom. The molecule has 0 fully saturated rings. The molecule has 0 saturated carbocycles. The van der Waals surface area contributed by atoms with Gasteiger partial charge in [0.2, 0.25) is 10.0 Å². The molecule has 0 saturated heterocycles. The summed E-state index contributed by atoms with van der Waals surface area (Å²) in [5.41, 5.74) is 1.80. The molecule has 0 heterocycles. The monoisotopic (exact) mass is 420 g/mol. The fourth-order valence-electron chi connectivity index (χ4n) is 2.54. The third-order valence-corrected chi connectivity index (χ3v) is 5.43. The van der Waals surface area contributed by atoms with Crippen molar-refractivity contribution in [2.45, 2.75) is 19.8 Å². The number of ether oxygens (including phenoxy) is 2. The average Bonchev–Trinajstić information content (AvgIpc) is 2.70. The van der Waals surface area contributed by atoms with E-state index < -0.39 is 10.0 Å². The molecule has 2 aromatic carbocycles. The van der Waals surface area contributed by atoms with Gasteiger partial charge in [0, 0.05) is 7.05 Å². The second-order valence-electron chi connectivity index (χ2n) is 6.61. The lowest BCUT2D eigenvalue weighted by molar-refractivity contribution is -0.123. The van der Waals surface area contributed by atoms with Gasteiger partial charge >= 0.3 is 0 Å². The molecule has 1 amide bonds. The molecule has 0 aliphatic carbocycles. The highest BCUT2D eigenvalue weighted by Gasteiger charge is 2.11. The first kappa shape index (κ1) is 22.5. The Hall–Kier alpha value is -2.74. The molecule has 158 valence electrons. The number of amides is 1. The highest BCUT2D eigenvalue weighted by atomic mass is 32.2. The molecule has 2 rings (SSSR count). The fraction of sp³-hybridized carbons (Fsp3) is 0.381. The van der Waals surface area contributed by atoms with Crippen molar-refractivity contribution >= 4 is 21.6 Å². The van der Waals surface area contributed by atoms with E-state index >= 15 is 0 Å². The van der Waals surface area contributed by atoms with Crippen molar-refractivity contribution in [2.24, 2.45) is 0 Å². The number of benzene rings is 2. The second-order valence-corrected chi connectivity index (χ2v) is 8.62. The van der Waals surface area contributed by atoms with Crippen molar-refractivity contribution in [2.75, 3.05) is 37.4 Å². The molecule has 29 heavy (non-hydrogen) atoms. The lowest BCUT2D eigenvalue weighted by atomic mass is 10.1. The van der Waals surface area contributed by atoms with Crippen LogP contribution in [0.1, 0.15) is 18.9 Å². The van der Waals surface area contributed by atoms with Crippen LogP contribution < -0.4 is 19.1 Å². The van der Waals surface area contributed by atoms with Crippen molar-refractivity contribution < 1.29 is 22.7 Å². The number of carbonyl (C=O) groups is 1. The molecule has 0 aromatic heterocycles. The van der Waals surface area contributed by atoms with Gasteiger partial charge in [-0.1, -0.05) is 25.5 Å². The second kappa shape index (κ2) is 10.7. The molecule has 0 aliphatic rings. The lowest BCUT2D eigenvalue weighted by Crippen LogP contribution is -2.32. The van der Waals surface area contributed by atoms with Gasteiger partial charge in [0.05, 0.1) is 18.5 Å². The molecule has 8 heteroatoms. The van der Waals surface area contributed by atoms with Crippen LogP contribution in [0.2, 0.25) is 0 Å². The van der Waals surface area contributed by atoms with Gasteiger partial charge in [-0.2, -0.15) is 0 Å². The number of aryl methyl sites for hydroxylation is 1. The predicted molar refractivity (Wildman–Crippen MR) is 114 cm³/mol. The number of hydrogen-bond acceptors (Lipinski definition) is 5. The number of rotatable bonds is 11. The first-order chi connectivity index (χ1) is 13.8. The van der Waals surface area contributed by atoms with Gasteiger partial charge in [-0.25, -0.2) is 8.42 Å². The largest absolute Gasteiger partial charge is 0.492 e. The van der Waals surface area contributed by atoms with Crippen LogP contribution in [0.5, 0.6) is 11.5 Å². The summed E-state index contributed by atoms with van der Waals surface area (Å²) in [5.74, 6) is 0.993. The maximum atomic E-state index is 11.9. The third kappa shape index (κ3) is 7.65. The summed E-state index contributed by atoms with van der Waals surface area (Å²) >= 11 is 0. The van der Waals surface area contributed by atoms with Crippen molar-refractivity contribution in [1.82, 2.24) is 5.32 Å². The Morgan fingerprint density at radius 3 is 2.17 bits per heavy atom. The lowest BCUT2D eigenvalue weighted by Gasteiger charge is -2.16. The highest BCUT2D eigenvalue weighted by molar-refractivity contribution is 7.92. The zero-order chi connectivity index (χ0) is 21.3. The number of carbonyl (C=O) groups excluding carboxylic acids is 1. The van der Waals surface area contributed by atoms with E-state index in [-0.39, 0.29) is 12.5 Å². The average molecular weight is 421 g/mol. The Morgan fingerprint density at radius 2 is 1.59 bits per heavy atom. The molecule has 1 N–H and O–H groups in total. The molecule has 0 spiro atoms. The van der Waals surface area contributed by atoms with Crippen LogP contribution in [-0.2, 0) is 21.2 Å². The van der Waals surface area contributed by atoms with Crippen molar-refractivity contribution in [3.8, 4) is 11.5 Å². The first-order valence-corrected chi connectivity index (χ1v) is 11.3. The minimum atomic E-state index is -3.32. The Balaban J connectivity index is 1.68. The van der Waals surface area contributed by atoms with Crippen LogP contribution >= 0.6 is 0 Å². The van der Waals surface area contributed by atoms with Gasteiger partial charge in [0.15, 0.2) is 6.61 Å². The predicted octanol–water partition coefficient (Wildman–Crippen LogP) is 2.61. The standard InChI is InChI=1S/C21H28N2O5S/c1-4-5-17-6-10-19(11-7-17)27-15-14-22-21(24)16-28-20-12-8-18(9-13-20)23(2)29(3,25)26/h6-13H,4-5,14-16H2,1-3H3,(H,22,24). The van der Waals surface area contributed by atoms with E-state index in [4.69, 9.17) is 9.47 Å². The molecule has 0 aliphatic heterocycles. The number of nitrogens with zero attached hydrogens (tertiary/aromatic N) is 1. The van der Waals surface area contributed by atoms with E-state index in [9.17, 15) is 13.2 Å². The zero-order valence-corrected chi connectivity index (χ0v) is 17.9. The van der Waals surface area contributed by atoms with Crippen molar-refractivity contribution in [1.29, 1.82) is 0 Å². The van der Waals surface area contributed by atoms with E-state index in [0.717, 1.165) is 24.8 Å². The third-order valence-electron chi connectivity index (χ3n) is 4.22. The summed E-state index contributed by atoms with van der Waals surface area (Å²) in [6.45, 7) is 2.75. The topological polar surface area (TPSA) is 84.9 Å². The van der Waals surface area contributed by atoms with Gasteiger partial charge in [-0.3, -0.25) is 9.10 Å². The number of anilines is 1. The van der Waals surface area contributed by atoms with Crippen LogP contribution in [0.15, 0.2) is 48.5 Å². The minimum absolute atomic E-state index is 0.132. The van der Waals surface area contributed by atoms with Gasteiger partial charge in [-0.15, -0.1) is 0 Å². The van der Waals surface area contributed by atoms with Gasteiger partial charge < -0.3 is 14.8 Å². The Labute approximate surface area is 172 Å². The zero-order valence-electron chi connectivity index (χ0n) is 17.1. The number of nitrogens with one attached hydrogen (secondary N) is 1. The molecular weight excluding hydrogens is 392 g/mol. The summed E-state index contributed by atoms with van der Waals surface area (Å²) in [6.07, 6.45) is 3.29. The number of sulfonamides is 1. The molecule has 0 bridgehead atoms. The first-order valence-electron chi connectivity index (χ1n) is 9.45. The maximum absolute atomic E-state index is 11.9. The van der Waals surface area contributed by atoms with Gasteiger partial charge in [-0.05, 0) is 48.4 Å². The van der Waals surface area contributed by atoms with Crippen LogP contribution in [-0.4, -0.2) is 47.4 Å². The summed E-state index contributed by atoms with van der Waals surface area (Å²) in [6, 6.07) is 14.4. The van der Waals surface area contributed by atoms with E-state index in [1.54, 1.807) is 24.3 Å². The van der Waals surface area contributed by atoms with Crippen molar-refractivity contribution in [3.63, 3.8) is 0 Å². The van der Waals surface area contributed by atoms with Gasteiger partial charge in [0.1, 0.15) is 18.1 Å². The van der Waals surface area contributed by atoms with Crippen molar-refractivity contribution in [3.05, 3.63) is 54.1 Å². The molecule has 2 aromatic rings. The van der Waals surface area contributed by atoms with E-state index in [1.807, 2.05) is 24.3 Å². The van der Waals surface area contributed by atoms with E-state index in [1.165, 1.54) is 16.9 Å². The Bertz CT molecular complexity index is 880. The molecular formula is C21H28N2O5S. The van der Waals surface area contributed by atoms with Crippen LogP contribution in [0.25, 0.3) is 0 Å². The molecule has 0 radical (unpaired) electrons. The minimum Gasteiger partial charge on any atom is -0.492 e. The van der Waals surface area contributed by atoms with E-state index in [2.05, 4.69) is 12.2 Å². The Kier molecular flexibility index (Phi) is 8.33. The molecule has 0 atom stereocenters. The summed E-state index contributed by atoms with van der Waals surface area (Å²) in [5, 5.41) is 2.73. The maximum Gasteiger partial charge on any atom is 0.258 e. The summed E-state index contributed by atoms with van der Waals surface area (Å²) in [4.78, 5) is 11.9. The SMILES string of the molecule is CCCc1ccc(OCCNC(=O)COc2ccc(N(C)S(C)(=O)=O)cc2)cc1. The van der Waals surface area contributed by atoms with Crippen LogP contribution in [0, 0.1) is 0 Å². The van der Waals surface area contributed by atoms with Crippen LogP contribution in [0.3, 0.4) is 0 Å². The van der Waals surface area contributed by atoms with E-state index in [0.29, 0.717) is 24.6 Å². The fourth-order valence-corrected chi connectivity index (χ4v) is 3.05. The normalized spacial score (nSPS) is 11.0. The smallest absolute Gasteiger partial charge is 0.258 e. The molecule has 7 nitrogen and oxygen atoms in total. The van der Waals surface area contributed by atoms with Gasteiger partial charge in [0.25, 0.3) is 5.91 Å². The molecule has 0 unspecified atom stereocenters.